The second-order valence-corrected chi connectivity index (χ2v) is 11.7. The van der Waals surface area contributed by atoms with Crippen LogP contribution in [0.3, 0.4) is 0 Å². The van der Waals surface area contributed by atoms with Gasteiger partial charge in [0.2, 0.25) is 0 Å². The molecule has 4 aliphatic rings. The maximum absolute atomic E-state index is 13.5. The number of hydrogen-bond acceptors (Lipinski definition) is 2. The third kappa shape index (κ3) is 3.05. The predicted molar refractivity (Wildman–Crippen MR) is 116 cm³/mol. The Balaban J connectivity index is 1.40. The molecule has 9 unspecified atom stereocenters. The van der Waals surface area contributed by atoms with Crippen LogP contribution in [0.2, 0.25) is 0 Å². The van der Waals surface area contributed by atoms with Gasteiger partial charge in [-0.1, -0.05) is 34.1 Å². The summed E-state index contributed by atoms with van der Waals surface area (Å²) in [5.74, 6) is 7.32. The maximum atomic E-state index is 13.5. The highest BCUT2D eigenvalue weighted by Crippen LogP contribution is 2.67. The number of imidazole rings is 1. The normalized spacial score (nSPS) is 49.2. The van der Waals surface area contributed by atoms with Crippen molar-refractivity contribution in [3.8, 4) is 0 Å². The highest BCUT2D eigenvalue weighted by molar-refractivity contribution is 5.82. The summed E-state index contributed by atoms with van der Waals surface area (Å²) in [5.41, 5.74) is 0.201. The monoisotopic (exact) mass is 396 g/mol. The van der Waals surface area contributed by atoms with Crippen molar-refractivity contribution in [2.75, 3.05) is 0 Å². The van der Waals surface area contributed by atoms with Crippen LogP contribution in [-0.4, -0.2) is 15.3 Å². The molecule has 0 aliphatic heterocycles. The smallest absolute Gasteiger partial charge is 0.156 e. The standard InChI is InChI=1S/C26H40N2O/c1-16-5-7-20-19(13-16)6-8-22-21(20)9-10-26(4)24(22)17(2)18(3)25(26)23(29)14-28-12-11-27-15-28/h11-12,15-22,24-25H,5-10,13-14H2,1-4H3/t16?,17-,18?,19?,20?,21?,22?,24?,25?,26?/m1/s1. The van der Waals surface area contributed by atoms with Gasteiger partial charge < -0.3 is 4.57 Å². The van der Waals surface area contributed by atoms with Gasteiger partial charge in [-0.2, -0.15) is 0 Å². The number of rotatable bonds is 3. The summed E-state index contributed by atoms with van der Waals surface area (Å²) in [6.07, 6.45) is 15.4. The number of hydrogen-bond donors (Lipinski definition) is 0. The highest BCUT2D eigenvalue weighted by atomic mass is 16.1. The summed E-state index contributed by atoms with van der Waals surface area (Å²) in [7, 11) is 0. The third-order valence-electron chi connectivity index (χ3n) is 10.4. The first-order chi connectivity index (χ1) is 13.9. The van der Waals surface area contributed by atoms with Crippen molar-refractivity contribution in [2.24, 2.45) is 58.7 Å². The average molecular weight is 397 g/mol. The quantitative estimate of drug-likeness (QED) is 0.642. The molecule has 3 nitrogen and oxygen atoms in total. The van der Waals surface area contributed by atoms with Gasteiger partial charge in [-0.3, -0.25) is 4.79 Å². The molecule has 3 heteroatoms. The molecule has 0 radical (unpaired) electrons. The lowest BCUT2D eigenvalue weighted by Crippen LogP contribution is -2.50. The molecule has 1 aromatic heterocycles. The van der Waals surface area contributed by atoms with E-state index in [9.17, 15) is 4.79 Å². The molecule has 4 aliphatic carbocycles. The summed E-state index contributed by atoms with van der Waals surface area (Å²) in [6, 6.07) is 0. The number of fused-ring (bicyclic) bond motifs is 5. The summed E-state index contributed by atoms with van der Waals surface area (Å²) in [6.45, 7) is 10.3. The van der Waals surface area contributed by atoms with Crippen LogP contribution >= 0.6 is 0 Å². The van der Waals surface area contributed by atoms with Crippen molar-refractivity contribution in [2.45, 2.75) is 79.2 Å². The van der Waals surface area contributed by atoms with E-state index in [1.807, 2.05) is 10.8 Å². The van der Waals surface area contributed by atoms with E-state index in [1.165, 1.54) is 44.9 Å². The van der Waals surface area contributed by atoms with Gasteiger partial charge in [-0.05, 0) is 91.3 Å². The molecular formula is C26H40N2O. The van der Waals surface area contributed by atoms with Crippen molar-refractivity contribution in [3.63, 3.8) is 0 Å². The molecule has 0 N–H and O–H groups in total. The Kier molecular flexibility index (Phi) is 4.95. The summed E-state index contributed by atoms with van der Waals surface area (Å²) >= 11 is 0. The van der Waals surface area contributed by atoms with Crippen molar-refractivity contribution in [1.29, 1.82) is 0 Å². The molecular weight excluding hydrogens is 356 g/mol. The lowest BCUT2D eigenvalue weighted by molar-refractivity contribution is -0.132. The van der Waals surface area contributed by atoms with Crippen LogP contribution in [-0.2, 0) is 11.3 Å². The first-order valence-electron chi connectivity index (χ1n) is 12.4. The van der Waals surface area contributed by atoms with E-state index >= 15 is 0 Å². The zero-order valence-corrected chi connectivity index (χ0v) is 18.9. The van der Waals surface area contributed by atoms with Crippen molar-refractivity contribution in [1.82, 2.24) is 9.55 Å². The summed E-state index contributed by atoms with van der Waals surface area (Å²) < 4.78 is 1.97. The zero-order valence-electron chi connectivity index (χ0n) is 18.9. The van der Waals surface area contributed by atoms with E-state index in [4.69, 9.17) is 0 Å². The van der Waals surface area contributed by atoms with Gasteiger partial charge in [0.25, 0.3) is 0 Å². The Labute approximate surface area is 177 Å². The molecule has 1 heterocycles. The number of ketones is 1. The fourth-order valence-corrected chi connectivity index (χ4v) is 9.27. The second-order valence-electron chi connectivity index (χ2n) is 11.7. The molecule has 4 fully saturated rings. The van der Waals surface area contributed by atoms with E-state index in [-0.39, 0.29) is 11.3 Å². The zero-order chi connectivity index (χ0) is 20.3. The first kappa shape index (κ1) is 19.8. The predicted octanol–water partition coefficient (Wildman–Crippen LogP) is 5.85. The molecule has 0 spiro atoms. The number of carbonyl (C=O) groups is 1. The van der Waals surface area contributed by atoms with Crippen LogP contribution in [0.4, 0.5) is 0 Å². The minimum Gasteiger partial charge on any atom is -0.330 e. The van der Waals surface area contributed by atoms with Crippen LogP contribution < -0.4 is 0 Å². The molecule has 4 saturated carbocycles. The molecule has 1 aromatic rings. The van der Waals surface area contributed by atoms with Gasteiger partial charge in [0.1, 0.15) is 0 Å². The molecule has 0 bridgehead atoms. The minimum absolute atomic E-state index is 0.201. The fourth-order valence-electron chi connectivity index (χ4n) is 9.27. The fraction of sp³-hybridized carbons (Fsp3) is 0.846. The molecule has 0 saturated heterocycles. The van der Waals surface area contributed by atoms with E-state index < -0.39 is 0 Å². The molecule has 5 rings (SSSR count). The molecule has 0 aromatic carbocycles. The van der Waals surface area contributed by atoms with Gasteiger partial charge >= 0.3 is 0 Å². The van der Waals surface area contributed by atoms with E-state index in [0.29, 0.717) is 24.2 Å². The third-order valence-corrected chi connectivity index (χ3v) is 10.4. The van der Waals surface area contributed by atoms with E-state index in [0.717, 1.165) is 35.5 Å². The Bertz CT molecular complexity index is 742. The number of carbonyl (C=O) groups excluding carboxylic acids is 1. The average Bonchev–Trinajstić information content (AvgIpc) is 3.26. The molecule has 0 amide bonds. The SMILES string of the molecule is CC1CCC2C(CCC3C2CCC2(C)C(C(=O)Cn4ccnc4)C(C)[C@@H](C)C32)C1. The first-order valence-corrected chi connectivity index (χ1v) is 12.4. The Morgan fingerprint density at radius 2 is 1.83 bits per heavy atom. The van der Waals surface area contributed by atoms with Crippen LogP contribution in [0.1, 0.15) is 72.6 Å². The van der Waals surface area contributed by atoms with Crippen LogP contribution in [0.15, 0.2) is 18.7 Å². The Morgan fingerprint density at radius 3 is 2.59 bits per heavy atom. The topological polar surface area (TPSA) is 34.9 Å². The van der Waals surface area contributed by atoms with E-state index in [1.54, 1.807) is 12.5 Å². The van der Waals surface area contributed by atoms with Crippen molar-refractivity contribution < 1.29 is 4.79 Å². The number of aromatic nitrogens is 2. The van der Waals surface area contributed by atoms with Crippen molar-refractivity contribution in [3.05, 3.63) is 18.7 Å². The molecule has 10 atom stereocenters. The van der Waals surface area contributed by atoms with E-state index in [2.05, 4.69) is 32.7 Å². The number of Topliss-reactive ketones (excluding diaryl/α,β-unsaturated/α-hetero) is 1. The van der Waals surface area contributed by atoms with Gasteiger partial charge in [0.05, 0.1) is 12.9 Å². The molecule has 160 valence electrons. The van der Waals surface area contributed by atoms with Gasteiger partial charge in [0, 0.05) is 18.3 Å². The Hall–Kier alpha value is -1.12. The summed E-state index contributed by atoms with van der Waals surface area (Å²) in [5, 5.41) is 0. The maximum Gasteiger partial charge on any atom is 0.156 e. The largest absolute Gasteiger partial charge is 0.330 e. The Morgan fingerprint density at radius 1 is 1.03 bits per heavy atom. The van der Waals surface area contributed by atoms with Crippen LogP contribution in [0.5, 0.6) is 0 Å². The molecule has 29 heavy (non-hydrogen) atoms. The highest BCUT2D eigenvalue weighted by Gasteiger charge is 2.63. The lowest BCUT2D eigenvalue weighted by atomic mass is 9.48. The summed E-state index contributed by atoms with van der Waals surface area (Å²) in [4.78, 5) is 17.6. The van der Waals surface area contributed by atoms with Crippen LogP contribution in [0, 0.1) is 58.7 Å². The van der Waals surface area contributed by atoms with Crippen LogP contribution in [0.25, 0.3) is 0 Å². The van der Waals surface area contributed by atoms with Gasteiger partial charge in [0.15, 0.2) is 5.78 Å². The lowest BCUT2D eigenvalue weighted by Gasteiger charge is -2.56. The minimum atomic E-state index is 0.201. The van der Waals surface area contributed by atoms with Crippen molar-refractivity contribution >= 4 is 5.78 Å². The number of nitrogens with zero attached hydrogens (tertiary/aromatic N) is 2. The second kappa shape index (κ2) is 7.24. The van der Waals surface area contributed by atoms with Gasteiger partial charge in [-0.25, -0.2) is 4.98 Å². The van der Waals surface area contributed by atoms with Gasteiger partial charge in [-0.15, -0.1) is 0 Å².